The molecule has 4 nitrogen and oxygen atoms in total. The molecule has 0 spiro atoms. The van der Waals surface area contributed by atoms with E-state index in [1.54, 1.807) is 0 Å². The molecule has 0 aromatic carbocycles. The Balaban J connectivity index is 4.26. The van der Waals surface area contributed by atoms with Gasteiger partial charge in [-0.1, -0.05) is 132 Å². The highest BCUT2D eigenvalue weighted by Crippen LogP contribution is 2.17. The lowest BCUT2D eigenvalue weighted by Crippen LogP contribution is -2.18. The minimum atomic E-state index is -0.716. The van der Waals surface area contributed by atoms with Crippen LogP contribution < -0.4 is 0 Å². The van der Waals surface area contributed by atoms with Crippen molar-refractivity contribution in [2.45, 2.75) is 168 Å². The van der Waals surface area contributed by atoms with Crippen LogP contribution in [0.3, 0.4) is 0 Å². The summed E-state index contributed by atoms with van der Waals surface area (Å²) in [6.45, 7) is 4.35. The van der Waals surface area contributed by atoms with Gasteiger partial charge in [-0.05, 0) is 89.9 Å². The van der Waals surface area contributed by atoms with Crippen molar-refractivity contribution < 1.29 is 19.4 Å². The van der Waals surface area contributed by atoms with Gasteiger partial charge in [0.25, 0.3) is 0 Å². The van der Waals surface area contributed by atoms with Crippen molar-refractivity contribution in [1.29, 1.82) is 0 Å². The van der Waals surface area contributed by atoms with E-state index >= 15 is 0 Å². The standard InChI is InChI=1S/C40H66O4/c1-3-5-7-9-11-13-15-17-19-21-23-26-30-34-38(35-31-27-25-28-32-36-39(41)42)44-40(43)37-33-29-24-22-20-18-16-14-12-10-8-6-4-2/h5,7-8,10-11,13-14,16-17,19,23,26,38H,3-4,6,9,12,15,18,20-22,24-25,27-37H2,1-2H3,(H,41,42)/b7-5-,10-8-,13-11-,16-14-,19-17-,26-23-. The van der Waals surface area contributed by atoms with Crippen molar-refractivity contribution in [3.05, 3.63) is 72.9 Å². The summed E-state index contributed by atoms with van der Waals surface area (Å²) in [7, 11) is 0. The monoisotopic (exact) mass is 610 g/mol. The zero-order chi connectivity index (χ0) is 32.2. The number of hydrogen-bond donors (Lipinski definition) is 1. The second-order valence-electron chi connectivity index (χ2n) is 11.7. The van der Waals surface area contributed by atoms with Gasteiger partial charge < -0.3 is 9.84 Å². The summed E-state index contributed by atoms with van der Waals surface area (Å²) in [5, 5.41) is 8.80. The molecule has 0 aromatic heterocycles. The lowest BCUT2D eigenvalue weighted by atomic mass is 10.0. The maximum Gasteiger partial charge on any atom is 0.306 e. The number of carboxylic acid groups (broad SMARTS) is 1. The van der Waals surface area contributed by atoms with E-state index in [1.165, 1.54) is 32.1 Å². The number of allylic oxidation sites excluding steroid dienone is 12. The highest BCUT2D eigenvalue weighted by molar-refractivity contribution is 5.69. The number of esters is 1. The summed E-state index contributed by atoms with van der Waals surface area (Å²) < 4.78 is 5.93. The van der Waals surface area contributed by atoms with Gasteiger partial charge in [0.2, 0.25) is 0 Å². The molecule has 0 saturated heterocycles. The fourth-order valence-electron chi connectivity index (χ4n) is 4.80. The number of carboxylic acids is 1. The number of rotatable bonds is 31. The summed E-state index contributed by atoms with van der Waals surface area (Å²) >= 11 is 0. The third-order valence-electron chi connectivity index (χ3n) is 7.40. The zero-order valence-electron chi connectivity index (χ0n) is 28.4. The van der Waals surface area contributed by atoms with Crippen LogP contribution in [-0.2, 0) is 14.3 Å². The molecule has 0 aliphatic heterocycles. The van der Waals surface area contributed by atoms with Gasteiger partial charge in [-0.2, -0.15) is 0 Å². The van der Waals surface area contributed by atoms with Crippen molar-refractivity contribution >= 4 is 11.9 Å². The van der Waals surface area contributed by atoms with E-state index in [-0.39, 0.29) is 18.5 Å². The fourth-order valence-corrected chi connectivity index (χ4v) is 4.80. The van der Waals surface area contributed by atoms with Gasteiger partial charge in [-0.15, -0.1) is 0 Å². The van der Waals surface area contributed by atoms with Crippen LogP contribution in [0.4, 0.5) is 0 Å². The number of aliphatic carboxylic acids is 1. The third kappa shape index (κ3) is 33.9. The van der Waals surface area contributed by atoms with Gasteiger partial charge in [0.15, 0.2) is 0 Å². The van der Waals surface area contributed by atoms with E-state index in [2.05, 4.69) is 86.8 Å². The van der Waals surface area contributed by atoms with Crippen LogP contribution in [0.15, 0.2) is 72.9 Å². The van der Waals surface area contributed by atoms with Crippen molar-refractivity contribution in [1.82, 2.24) is 0 Å². The summed E-state index contributed by atoms with van der Waals surface area (Å²) in [6.07, 6.45) is 49.1. The first-order valence-corrected chi connectivity index (χ1v) is 17.9. The molecule has 1 unspecified atom stereocenters. The van der Waals surface area contributed by atoms with Crippen molar-refractivity contribution in [3.8, 4) is 0 Å². The molecule has 0 bridgehead atoms. The molecular weight excluding hydrogens is 544 g/mol. The molecule has 1 atom stereocenters. The Morgan fingerprint density at radius 2 is 1.00 bits per heavy atom. The Bertz CT molecular complexity index is 830. The summed E-state index contributed by atoms with van der Waals surface area (Å²) in [5.74, 6) is -0.771. The van der Waals surface area contributed by atoms with Crippen LogP contribution in [-0.4, -0.2) is 23.1 Å². The zero-order valence-corrected chi connectivity index (χ0v) is 28.4. The van der Waals surface area contributed by atoms with Gasteiger partial charge >= 0.3 is 11.9 Å². The Hall–Kier alpha value is -2.62. The Labute approximate surface area is 271 Å². The highest BCUT2D eigenvalue weighted by atomic mass is 16.5. The van der Waals surface area contributed by atoms with E-state index in [4.69, 9.17) is 9.84 Å². The molecule has 250 valence electrons. The lowest BCUT2D eigenvalue weighted by molar-refractivity contribution is -0.150. The van der Waals surface area contributed by atoms with E-state index in [9.17, 15) is 9.59 Å². The van der Waals surface area contributed by atoms with Gasteiger partial charge in [0.1, 0.15) is 6.10 Å². The second kappa shape index (κ2) is 34.9. The molecule has 0 amide bonds. The molecule has 1 N–H and O–H groups in total. The number of hydrogen-bond acceptors (Lipinski definition) is 3. The number of carbonyl (C=O) groups excluding carboxylic acids is 1. The molecule has 44 heavy (non-hydrogen) atoms. The van der Waals surface area contributed by atoms with E-state index in [0.29, 0.717) is 6.42 Å². The van der Waals surface area contributed by atoms with Gasteiger partial charge in [-0.3, -0.25) is 9.59 Å². The average molecular weight is 611 g/mol. The molecule has 0 saturated carbocycles. The largest absolute Gasteiger partial charge is 0.481 e. The lowest BCUT2D eigenvalue weighted by Gasteiger charge is -2.17. The van der Waals surface area contributed by atoms with E-state index in [0.717, 1.165) is 103 Å². The van der Waals surface area contributed by atoms with Crippen molar-refractivity contribution in [3.63, 3.8) is 0 Å². The molecule has 0 fully saturated rings. The Kier molecular flexibility index (Phi) is 32.8. The van der Waals surface area contributed by atoms with Crippen LogP contribution in [0.25, 0.3) is 0 Å². The smallest absolute Gasteiger partial charge is 0.306 e. The van der Waals surface area contributed by atoms with Crippen LogP contribution >= 0.6 is 0 Å². The van der Waals surface area contributed by atoms with Crippen LogP contribution in [0.2, 0.25) is 0 Å². The Morgan fingerprint density at radius 3 is 1.59 bits per heavy atom. The second-order valence-corrected chi connectivity index (χ2v) is 11.7. The fraction of sp³-hybridized carbons (Fsp3) is 0.650. The molecule has 0 aliphatic rings. The number of ether oxygens (including phenoxy) is 1. The van der Waals surface area contributed by atoms with Crippen LogP contribution in [0.1, 0.15) is 162 Å². The maximum absolute atomic E-state index is 12.6. The van der Waals surface area contributed by atoms with Crippen LogP contribution in [0, 0.1) is 0 Å². The quantitative estimate of drug-likeness (QED) is 0.0482. The number of unbranched alkanes of at least 4 members (excludes halogenated alkanes) is 10. The molecule has 0 radical (unpaired) electrons. The molecular formula is C40H66O4. The Morgan fingerprint density at radius 1 is 0.523 bits per heavy atom. The van der Waals surface area contributed by atoms with Gasteiger partial charge in [0.05, 0.1) is 0 Å². The molecule has 0 heterocycles. The summed E-state index contributed by atoms with van der Waals surface area (Å²) in [5.41, 5.74) is 0. The van der Waals surface area contributed by atoms with Gasteiger partial charge in [-0.25, -0.2) is 0 Å². The first-order valence-electron chi connectivity index (χ1n) is 17.9. The van der Waals surface area contributed by atoms with Gasteiger partial charge in [0, 0.05) is 12.8 Å². The third-order valence-corrected chi connectivity index (χ3v) is 7.40. The molecule has 4 heteroatoms. The normalized spacial score (nSPS) is 13.1. The minimum Gasteiger partial charge on any atom is -0.481 e. The topological polar surface area (TPSA) is 63.6 Å². The summed E-state index contributed by atoms with van der Waals surface area (Å²) in [6, 6.07) is 0. The van der Waals surface area contributed by atoms with E-state index in [1.807, 2.05) is 0 Å². The van der Waals surface area contributed by atoms with Crippen molar-refractivity contribution in [2.24, 2.45) is 0 Å². The maximum atomic E-state index is 12.6. The first-order chi connectivity index (χ1) is 21.6. The van der Waals surface area contributed by atoms with E-state index < -0.39 is 5.97 Å². The molecule has 0 aliphatic carbocycles. The SMILES string of the molecule is CC/C=C\C/C=C\C/C=C\C/C=C\CCC(CCCCCCCC(=O)O)OC(=O)CCCCCCC/C=C\C/C=C\CCC. The summed E-state index contributed by atoms with van der Waals surface area (Å²) in [4.78, 5) is 23.3. The first kappa shape index (κ1) is 41.4. The van der Waals surface area contributed by atoms with Crippen molar-refractivity contribution in [2.75, 3.05) is 0 Å². The highest BCUT2D eigenvalue weighted by Gasteiger charge is 2.13. The molecule has 0 aromatic rings. The predicted octanol–water partition coefficient (Wildman–Crippen LogP) is 12.3. The minimum absolute atomic E-state index is 0.0304. The number of carbonyl (C=O) groups is 2. The van der Waals surface area contributed by atoms with Crippen LogP contribution in [0.5, 0.6) is 0 Å². The molecule has 0 rings (SSSR count). The predicted molar refractivity (Wildman–Crippen MR) is 190 cm³/mol. The average Bonchev–Trinajstić information content (AvgIpc) is 3.00.